The first-order valence-corrected chi connectivity index (χ1v) is 6.78. The van der Waals surface area contributed by atoms with E-state index in [0.717, 1.165) is 19.1 Å². The van der Waals surface area contributed by atoms with Gasteiger partial charge < -0.3 is 10.1 Å². The summed E-state index contributed by atoms with van der Waals surface area (Å²) >= 11 is 0. The fraction of sp³-hybridized carbons (Fsp3) is 1.00. The standard InChI is InChI=1S/C14H29NO/c1-6-16-10-12(3)15-13-7-8-14(4,5)9-11(13)2/h11-13,15H,6-10H2,1-5H3. The highest BCUT2D eigenvalue weighted by atomic mass is 16.5. The van der Waals surface area contributed by atoms with Gasteiger partial charge in [0.25, 0.3) is 0 Å². The van der Waals surface area contributed by atoms with Gasteiger partial charge in [-0.2, -0.15) is 0 Å². The zero-order valence-corrected chi connectivity index (χ0v) is 11.7. The second-order valence-corrected chi connectivity index (χ2v) is 6.22. The van der Waals surface area contributed by atoms with Crippen molar-refractivity contribution in [3.8, 4) is 0 Å². The summed E-state index contributed by atoms with van der Waals surface area (Å²) in [7, 11) is 0. The molecule has 0 saturated heterocycles. The van der Waals surface area contributed by atoms with Crippen LogP contribution in [0.3, 0.4) is 0 Å². The molecule has 0 heterocycles. The van der Waals surface area contributed by atoms with E-state index >= 15 is 0 Å². The molecule has 3 atom stereocenters. The fourth-order valence-electron chi connectivity index (χ4n) is 2.90. The van der Waals surface area contributed by atoms with Crippen molar-refractivity contribution in [1.29, 1.82) is 0 Å². The Morgan fingerprint density at radius 3 is 2.69 bits per heavy atom. The van der Waals surface area contributed by atoms with E-state index in [1.165, 1.54) is 19.3 Å². The lowest BCUT2D eigenvalue weighted by Crippen LogP contribution is -2.46. The molecule has 16 heavy (non-hydrogen) atoms. The van der Waals surface area contributed by atoms with Gasteiger partial charge in [0.05, 0.1) is 6.61 Å². The van der Waals surface area contributed by atoms with Gasteiger partial charge in [-0.3, -0.25) is 0 Å². The van der Waals surface area contributed by atoms with Gasteiger partial charge in [0.1, 0.15) is 0 Å². The number of nitrogens with one attached hydrogen (secondary N) is 1. The Morgan fingerprint density at radius 1 is 1.44 bits per heavy atom. The van der Waals surface area contributed by atoms with Crippen molar-refractivity contribution in [1.82, 2.24) is 5.32 Å². The van der Waals surface area contributed by atoms with Crippen molar-refractivity contribution in [3.05, 3.63) is 0 Å². The van der Waals surface area contributed by atoms with Crippen LogP contribution in [-0.2, 0) is 4.74 Å². The summed E-state index contributed by atoms with van der Waals surface area (Å²) in [4.78, 5) is 0. The first kappa shape index (κ1) is 14.0. The van der Waals surface area contributed by atoms with Crippen LogP contribution in [-0.4, -0.2) is 25.3 Å². The van der Waals surface area contributed by atoms with E-state index in [0.29, 0.717) is 17.5 Å². The predicted molar refractivity (Wildman–Crippen MR) is 69.7 cm³/mol. The number of rotatable bonds is 5. The lowest BCUT2D eigenvalue weighted by molar-refractivity contribution is 0.0997. The highest BCUT2D eigenvalue weighted by Gasteiger charge is 2.32. The minimum absolute atomic E-state index is 0.480. The smallest absolute Gasteiger partial charge is 0.0616 e. The van der Waals surface area contributed by atoms with Crippen molar-refractivity contribution in [2.75, 3.05) is 13.2 Å². The highest BCUT2D eigenvalue weighted by Crippen LogP contribution is 2.38. The van der Waals surface area contributed by atoms with Gasteiger partial charge in [-0.15, -0.1) is 0 Å². The molecule has 0 radical (unpaired) electrons. The number of hydrogen-bond donors (Lipinski definition) is 1. The Labute approximate surface area is 101 Å². The van der Waals surface area contributed by atoms with Gasteiger partial charge in [0, 0.05) is 18.7 Å². The Balaban J connectivity index is 2.32. The van der Waals surface area contributed by atoms with Crippen LogP contribution < -0.4 is 5.32 Å². The van der Waals surface area contributed by atoms with Crippen LogP contribution in [0.5, 0.6) is 0 Å². The highest BCUT2D eigenvalue weighted by molar-refractivity contribution is 4.87. The van der Waals surface area contributed by atoms with E-state index in [2.05, 4.69) is 39.9 Å². The van der Waals surface area contributed by atoms with Crippen molar-refractivity contribution in [2.24, 2.45) is 11.3 Å². The molecule has 1 N–H and O–H groups in total. The summed E-state index contributed by atoms with van der Waals surface area (Å²) in [6.45, 7) is 13.1. The van der Waals surface area contributed by atoms with Crippen LogP contribution in [0.1, 0.15) is 53.9 Å². The van der Waals surface area contributed by atoms with Crippen molar-refractivity contribution < 1.29 is 4.74 Å². The minimum Gasteiger partial charge on any atom is -0.380 e. The molecule has 1 saturated carbocycles. The van der Waals surface area contributed by atoms with Crippen LogP contribution in [0.4, 0.5) is 0 Å². The molecule has 0 bridgehead atoms. The average molecular weight is 227 g/mol. The third-order valence-electron chi connectivity index (χ3n) is 3.76. The van der Waals surface area contributed by atoms with Gasteiger partial charge in [-0.05, 0) is 44.4 Å². The minimum atomic E-state index is 0.480. The molecule has 1 aliphatic carbocycles. The largest absolute Gasteiger partial charge is 0.380 e. The molecule has 0 aromatic heterocycles. The van der Waals surface area contributed by atoms with Crippen LogP contribution in [0, 0.1) is 11.3 Å². The predicted octanol–water partition coefficient (Wildman–Crippen LogP) is 3.22. The second kappa shape index (κ2) is 6.02. The molecule has 0 aromatic carbocycles. The summed E-state index contributed by atoms with van der Waals surface area (Å²) < 4.78 is 5.45. The van der Waals surface area contributed by atoms with Crippen LogP contribution in [0.25, 0.3) is 0 Å². The van der Waals surface area contributed by atoms with E-state index in [-0.39, 0.29) is 0 Å². The molecule has 96 valence electrons. The summed E-state index contributed by atoms with van der Waals surface area (Å²) in [5, 5.41) is 3.72. The maximum Gasteiger partial charge on any atom is 0.0616 e. The molecule has 1 rings (SSSR count). The van der Waals surface area contributed by atoms with E-state index in [9.17, 15) is 0 Å². The molecule has 0 amide bonds. The van der Waals surface area contributed by atoms with Crippen LogP contribution in [0.2, 0.25) is 0 Å². The van der Waals surface area contributed by atoms with Crippen molar-refractivity contribution in [3.63, 3.8) is 0 Å². The Kier molecular flexibility index (Phi) is 5.26. The lowest BCUT2D eigenvalue weighted by atomic mass is 9.70. The molecule has 0 aromatic rings. The van der Waals surface area contributed by atoms with E-state index in [1.54, 1.807) is 0 Å². The van der Waals surface area contributed by atoms with E-state index in [1.807, 2.05) is 0 Å². The molecular weight excluding hydrogens is 198 g/mol. The normalized spacial score (nSPS) is 31.3. The van der Waals surface area contributed by atoms with Crippen LogP contribution >= 0.6 is 0 Å². The van der Waals surface area contributed by atoms with Gasteiger partial charge in [-0.25, -0.2) is 0 Å². The molecule has 1 fully saturated rings. The quantitative estimate of drug-likeness (QED) is 0.778. The summed E-state index contributed by atoms with van der Waals surface area (Å²) in [5.74, 6) is 0.785. The molecule has 0 spiro atoms. The molecule has 0 aliphatic heterocycles. The summed E-state index contributed by atoms with van der Waals surface area (Å²) in [6, 6.07) is 1.16. The molecule has 2 heteroatoms. The van der Waals surface area contributed by atoms with E-state index < -0.39 is 0 Å². The average Bonchev–Trinajstić information content (AvgIpc) is 2.18. The Hall–Kier alpha value is -0.0800. The molecule has 3 unspecified atom stereocenters. The zero-order chi connectivity index (χ0) is 12.2. The first-order chi connectivity index (χ1) is 7.44. The summed E-state index contributed by atoms with van der Waals surface area (Å²) in [5.41, 5.74) is 0.542. The maximum atomic E-state index is 5.45. The van der Waals surface area contributed by atoms with Gasteiger partial charge in [-0.1, -0.05) is 20.8 Å². The second-order valence-electron chi connectivity index (χ2n) is 6.22. The first-order valence-electron chi connectivity index (χ1n) is 6.78. The third-order valence-corrected chi connectivity index (χ3v) is 3.76. The van der Waals surface area contributed by atoms with Gasteiger partial charge >= 0.3 is 0 Å². The molecular formula is C14H29NO. The van der Waals surface area contributed by atoms with Crippen molar-refractivity contribution >= 4 is 0 Å². The van der Waals surface area contributed by atoms with Crippen molar-refractivity contribution in [2.45, 2.75) is 66.0 Å². The van der Waals surface area contributed by atoms with Gasteiger partial charge in [0.15, 0.2) is 0 Å². The SMILES string of the molecule is CCOCC(C)NC1CCC(C)(C)CC1C. The fourth-order valence-corrected chi connectivity index (χ4v) is 2.90. The zero-order valence-electron chi connectivity index (χ0n) is 11.7. The molecule has 2 nitrogen and oxygen atoms in total. The van der Waals surface area contributed by atoms with Gasteiger partial charge in [0.2, 0.25) is 0 Å². The van der Waals surface area contributed by atoms with Crippen LogP contribution in [0.15, 0.2) is 0 Å². The Morgan fingerprint density at radius 2 is 2.12 bits per heavy atom. The number of ether oxygens (including phenoxy) is 1. The monoisotopic (exact) mass is 227 g/mol. The molecule has 1 aliphatic rings. The maximum absolute atomic E-state index is 5.45. The summed E-state index contributed by atoms with van der Waals surface area (Å²) in [6.07, 6.45) is 3.99. The topological polar surface area (TPSA) is 21.3 Å². The Bertz CT molecular complexity index is 203. The number of hydrogen-bond acceptors (Lipinski definition) is 2. The van der Waals surface area contributed by atoms with E-state index in [4.69, 9.17) is 4.74 Å². The lowest BCUT2D eigenvalue weighted by Gasteiger charge is -2.40. The third kappa shape index (κ3) is 4.42.